The number of hydrogen-bond donors (Lipinski definition) is 1. The molecule has 9 nitrogen and oxygen atoms in total. The molecule has 3 heterocycles. The third kappa shape index (κ3) is 5.31. The zero-order valence-corrected chi connectivity index (χ0v) is 20.8. The zero-order valence-electron chi connectivity index (χ0n) is 19.2. The van der Waals surface area contributed by atoms with Crippen LogP contribution in [0.15, 0.2) is 9.70 Å². The Morgan fingerprint density at radius 2 is 1.94 bits per heavy atom. The van der Waals surface area contributed by atoms with E-state index in [9.17, 15) is 20.0 Å². The van der Waals surface area contributed by atoms with Crippen LogP contribution in [0.25, 0.3) is 6.08 Å². The van der Waals surface area contributed by atoms with Gasteiger partial charge in [0.2, 0.25) is 0 Å². The van der Waals surface area contributed by atoms with E-state index in [-0.39, 0.29) is 23.6 Å². The summed E-state index contributed by atoms with van der Waals surface area (Å²) >= 11 is 6.66. The number of carbonyl (C=O) groups is 1. The summed E-state index contributed by atoms with van der Waals surface area (Å²) in [6.45, 7) is 6.29. The van der Waals surface area contributed by atoms with Crippen molar-refractivity contribution in [2.45, 2.75) is 13.3 Å². The smallest absolute Gasteiger partial charge is 0.270 e. The molecular weight excluding hydrogens is 462 g/mol. The molecular formula is C22H29N5O4S2. The minimum absolute atomic E-state index is 0.0713. The second kappa shape index (κ2) is 11.3. The van der Waals surface area contributed by atoms with Gasteiger partial charge in [0.1, 0.15) is 21.8 Å². The van der Waals surface area contributed by atoms with Crippen molar-refractivity contribution < 1.29 is 14.6 Å². The summed E-state index contributed by atoms with van der Waals surface area (Å²) in [4.78, 5) is 32.3. The molecule has 3 rings (SSSR count). The van der Waals surface area contributed by atoms with Crippen LogP contribution >= 0.6 is 24.0 Å². The van der Waals surface area contributed by atoms with Crippen molar-refractivity contribution in [2.24, 2.45) is 7.05 Å². The largest absolute Gasteiger partial charge is 0.395 e. The molecule has 0 radical (unpaired) electrons. The van der Waals surface area contributed by atoms with Gasteiger partial charge in [-0.25, -0.2) is 0 Å². The van der Waals surface area contributed by atoms with Crippen LogP contribution in [0.5, 0.6) is 0 Å². The van der Waals surface area contributed by atoms with Crippen molar-refractivity contribution in [3.8, 4) is 6.07 Å². The van der Waals surface area contributed by atoms with Gasteiger partial charge in [0.05, 0.1) is 11.5 Å². The van der Waals surface area contributed by atoms with Crippen LogP contribution in [0, 0.1) is 18.3 Å². The first-order valence-electron chi connectivity index (χ1n) is 10.8. The highest BCUT2D eigenvalue weighted by Gasteiger charge is 2.33. The van der Waals surface area contributed by atoms with E-state index >= 15 is 0 Å². The molecule has 0 aromatic carbocycles. The molecule has 178 valence electrons. The van der Waals surface area contributed by atoms with Crippen molar-refractivity contribution in [1.82, 2.24) is 14.4 Å². The predicted octanol–water partition coefficient (Wildman–Crippen LogP) is 0.917. The number of nitriles is 1. The van der Waals surface area contributed by atoms with E-state index in [1.54, 1.807) is 32.1 Å². The second-order valence-corrected chi connectivity index (χ2v) is 9.62. The molecule has 1 amide bonds. The van der Waals surface area contributed by atoms with Gasteiger partial charge in [0.15, 0.2) is 0 Å². The van der Waals surface area contributed by atoms with Crippen LogP contribution < -0.4 is 10.5 Å². The van der Waals surface area contributed by atoms with E-state index in [1.165, 1.54) is 16.3 Å². The van der Waals surface area contributed by atoms with Crippen molar-refractivity contribution in [2.75, 3.05) is 64.5 Å². The number of aliphatic hydroxyl groups is 1. The third-order valence-electron chi connectivity index (χ3n) is 5.94. The SMILES string of the molecule is COCCCN1C(=O)C(=Cc2c(C)c(C#N)c(=O)n(C)c2N2CCN(CCO)CC2)SC1=S. The fourth-order valence-corrected chi connectivity index (χ4v) is 5.40. The number of aromatic nitrogens is 1. The van der Waals surface area contributed by atoms with Crippen LogP contribution in [0.2, 0.25) is 0 Å². The molecule has 2 fully saturated rings. The van der Waals surface area contributed by atoms with E-state index in [0.717, 1.165) is 13.1 Å². The fraction of sp³-hybridized carbons (Fsp3) is 0.545. The lowest BCUT2D eigenvalue weighted by Gasteiger charge is -2.37. The number of carbonyl (C=O) groups excluding carboxylic acids is 1. The number of thiocarbonyl (C=S) groups is 1. The number of piperazine rings is 1. The van der Waals surface area contributed by atoms with Gasteiger partial charge < -0.3 is 14.7 Å². The van der Waals surface area contributed by atoms with Crippen LogP contribution in [0.3, 0.4) is 0 Å². The molecule has 0 aliphatic carbocycles. The molecule has 0 bridgehead atoms. The monoisotopic (exact) mass is 491 g/mol. The van der Waals surface area contributed by atoms with E-state index < -0.39 is 0 Å². The number of amides is 1. The van der Waals surface area contributed by atoms with Gasteiger partial charge in [-0.3, -0.25) is 24.0 Å². The number of nitrogens with zero attached hydrogens (tertiary/aromatic N) is 5. The van der Waals surface area contributed by atoms with Crippen LogP contribution in [-0.4, -0.2) is 89.3 Å². The van der Waals surface area contributed by atoms with Gasteiger partial charge in [0, 0.05) is 65.6 Å². The lowest BCUT2D eigenvalue weighted by atomic mass is 10.0. The molecule has 0 spiro atoms. The molecule has 11 heteroatoms. The number of anilines is 1. The Labute approximate surface area is 203 Å². The summed E-state index contributed by atoms with van der Waals surface area (Å²) in [5, 5.41) is 18.8. The maximum atomic E-state index is 13.1. The molecule has 33 heavy (non-hydrogen) atoms. The Kier molecular flexibility index (Phi) is 8.67. The summed E-state index contributed by atoms with van der Waals surface area (Å²) in [6, 6.07) is 2.03. The van der Waals surface area contributed by atoms with Crippen molar-refractivity contribution in [3.63, 3.8) is 0 Å². The number of hydrogen-bond acceptors (Lipinski definition) is 9. The highest BCUT2D eigenvalue weighted by atomic mass is 32.2. The van der Waals surface area contributed by atoms with Gasteiger partial charge in [-0.05, 0) is 25.0 Å². The highest BCUT2D eigenvalue weighted by molar-refractivity contribution is 8.26. The van der Waals surface area contributed by atoms with Crippen molar-refractivity contribution >= 4 is 46.1 Å². The number of thioether (sulfide) groups is 1. The molecule has 2 saturated heterocycles. The zero-order chi connectivity index (χ0) is 24.1. The van der Waals surface area contributed by atoms with Crippen molar-refractivity contribution in [3.05, 3.63) is 31.9 Å². The molecule has 2 aliphatic heterocycles. The van der Waals surface area contributed by atoms with E-state index in [4.69, 9.17) is 17.0 Å². The fourth-order valence-electron chi connectivity index (χ4n) is 4.11. The van der Waals surface area contributed by atoms with Crippen LogP contribution in [0.4, 0.5) is 5.82 Å². The molecule has 2 aliphatic rings. The maximum absolute atomic E-state index is 13.1. The van der Waals surface area contributed by atoms with Gasteiger partial charge >= 0.3 is 0 Å². The predicted molar refractivity (Wildman–Crippen MR) is 133 cm³/mol. The molecule has 0 unspecified atom stereocenters. The number of β-amino-alcohol motifs (C(OH)–C–C–N with tert-alkyl or cyclic N) is 1. The van der Waals surface area contributed by atoms with Gasteiger partial charge in [-0.1, -0.05) is 24.0 Å². The molecule has 1 aromatic rings. The average molecular weight is 492 g/mol. The Morgan fingerprint density at radius 1 is 1.24 bits per heavy atom. The van der Waals surface area contributed by atoms with Gasteiger partial charge in [-0.2, -0.15) is 5.26 Å². The number of rotatable bonds is 8. The summed E-state index contributed by atoms with van der Waals surface area (Å²) in [6.07, 6.45) is 2.44. The maximum Gasteiger partial charge on any atom is 0.270 e. The first-order chi connectivity index (χ1) is 15.8. The molecule has 0 saturated carbocycles. The average Bonchev–Trinajstić information content (AvgIpc) is 3.06. The van der Waals surface area contributed by atoms with E-state index in [2.05, 4.69) is 9.80 Å². The first kappa shape index (κ1) is 25.4. The highest BCUT2D eigenvalue weighted by Crippen LogP contribution is 2.35. The summed E-state index contributed by atoms with van der Waals surface area (Å²) in [7, 11) is 3.27. The first-order valence-corrected chi connectivity index (χ1v) is 12.0. The lowest BCUT2D eigenvalue weighted by Crippen LogP contribution is -2.49. The molecule has 1 N–H and O–H groups in total. The van der Waals surface area contributed by atoms with Gasteiger partial charge in [0.25, 0.3) is 11.5 Å². The van der Waals surface area contributed by atoms with Gasteiger partial charge in [-0.15, -0.1) is 0 Å². The van der Waals surface area contributed by atoms with Crippen LogP contribution in [0.1, 0.15) is 23.1 Å². The standard InChI is InChI=1S/C22H29N5O4S2/c1-15-16(13-18-21(30)27(22(32)33-18)5-4-12-31-3)19(24(2)20(29)17(15)14-23)26-8-6-25(7-9-26)10-11-28/h13,28H,4-12H2,1-3H3. The summed E-state index contributed by atoms with van der Waals surface area (Å²) in [5.41, 5.74) is 0.953. The van der Waals surface area contributed by atoms with E-state index in [1.807, 2.05) is 6.07 Å². The summed E-state index contributed by atoms with van der Waals surface area (Å²) < 4.78 is 7.07. The minimum Gasteiger partial charge on any atom is -0.395 e. The van der Waals surface area contributed by atoms with E-state index in [0.29, 0.717) is 65.4 Å². The minimum atomic E-state index is -0.355. The Bertz CT molecular complexity index is 1050. The normalized spacial score (nSPS) is 18.5. The number of methoxy groups -OCH3 is 1. The second-order valence-electron chi connectivity index (χ2n) is 7.95. The van der Waals surface area contributed by atoms with Crippen LogP contribution in [-0.2, 0) is 16.6 Å². The summed E-state index contributed by atoms with van der Waals surface area (Å²) in [5.74, 6) is 0.511. The van der Waals surface area contributed by atoms with Crippen molar-refractivity contribution in [1.29, 1.82) is 5.26 Å². The lowest BCUT2D eigenvalue weighted by molar-refractivity contribution is -0.122. The Hall–Kier alpha value is -2.23. The molecule has 1 aromatic heterocycles. The quantitative estimate of drug-likeness (QED) is 0.323. The Morgan fingerprint density at radius 3 is 2.55 bits per heavy atom. The number of pyridine rings is 1. The number of aliphatic hydroxyl groups excluding tert-OH is 1. The topological polar surface area (TPSA) is 102 Å². The number of ether oxygens (including phenoxy) is 1. The Balaban J connectivity index is 2.02. The molecule has 0 atom stereocenters. The third-order valence-corrected chi connectivity index (χ3v) is 7.31.